The van der Waals surface area contributed by atoms with Crippen LogP contribution >= 0.6 is 11.3 Å². The molecule has 0 spiro atoms. The zero-order chi connectivity index (χ0) is 13.9. The number of carbonyl (C=O) groups is 1. The van der Waals surface area contributed by atoms with Gasteiger partial charge in [-0.3, -0.25) is 14.5 Å². The maximum absolute atomic E-state index is 12.1. The Kier molecular flexibility index (Phi) is 3.34. The fourth-order valence-corrected chi connectivity index (χ4v) is 2.91. The minimum Gasteiger partial charge on any atom is -0.396 e. The van der Waals surface area contributed by atoms with E-state index in [2.05, 4.69) is 15.4 Å². The molecule has 0 saturated carbocycles. The number of hydrogen-bond donors (Lipinski definition) is 2. The summed E-state index contributed by atoms with van der Waals surface area (Å²) in [6, 6.07) is 5.58. The van der Waals surface area contributed by atoms with Crippen LogP contribution < -0.4 is 11.1 Å². The van der Waals surface area contributed by atoms with Crippen LogP contribution in [0.1, 0.15) is 9.67 Å². The van der Waals surface area contributed by atoms with Crippen molar-refractivity contribution >= 4 is 33.1 Å². The number of thiophene rings is 1. The number of amides is 1. The van der Waals surface area contributed by atoms with Crippen molar-refractivity contribution < 1.29 is 4.79 Å². The Morgan fingerprint density at radius 1 is 1.40 bits per heavy atom. The smallest absolute Gasteiger partial charge is 0.263 e. The molecule has 7 heteroatoms. The van der Waals surface area contributed by atoms with E-state index in [1.54, 1.807) is 17.1 Å². The van der Waals surface area contributed by atoms with E-state index in [1.165, 1.54) is 11.3 Å². The first kappa shape index (κ1) is 12.6. The molecule has 0 saturated heterocycles. The number of nitrogens with zero attached hydrogens (tertiary/aromatic N) is 3. The molecule has 0 aliphatic carbocycles. The Labute approximate surface area is 119 Å². The van der Waals surface area contributed by atoms with Crippen molar-refractivity contribution in [2.24, 2.45) is 0 Å². The monoisotopic (exact) mass is 287 g/mol. The summed E-state index contributed by atoms with van der Waals surface area (Å²) >= 11 is 1.36. The van der Waals surface area contributed by atoms with Gasteiger partial charge in [-0.25, -0.2) is 0 Å². The molecule has 6 nitrogen and oxygen atoms in total. The lowest BCUT2D eigenvalue weighted by atomic mass is 10.3. The van der Waals surface area contributed by atoms with Crippen LogP contribution in [-0.4, -0.2) is 27.2 Å². The summed E-state index contributed by atoms with van der Waals surface area (Å²) in [6.07, 6.45) is 5.23. The number of nitrogens with one attached hydrogen (secondary N) is 1. The van der Waals surface area contributed by atoms with Crippen molar-refractivity contribution in [3.8, 4) is 0 Å². The van der Waals surface area contributed by atoms with E-state index in [9.17, 15) is 4.79 Å². The minimum atomic E-state index is -0.169. The van der Waals surface area contributed by atoms with Gasteiger partial charge in [0.1, 0.15) is 10.4 Å². The van der Waals surface area contributed by atoms with Gasteiger partial charge in [0.15, 0.2) is 0 Å². The SMILES string of the molecule is Nc1c(C(=O)NCCn2cccn2)sc2cccnc12. The van der Waals surface area contributed by atoms with Crippen molar-refractivity contribution in [3.05, 3.63) is 41.7 Å². The Balaban J connectivity index is 1.71. The second-order valence-corrected chi connectivity index (χ2v) is 5.27. The molecule has 0 atom stereocenters. The average molecular weight is 287 g/mol. The highest BCUT2D eigenvalue weighted by Gasteiger charge is 2.16. The van der Waals surface area contributed by atoms with Gasteiger partial charge in [-0.15, -0.1) is 11.3 Å². The third kappa shape index (κ3) is 2.35. The highest BCUT2D eigenvalue weighted by Crippen LogP contribution is 2.31. The first-order valence-corrected chi connectivity index (χ1v) is 6.96. The van der Waals surface area contributed by atoms with E-state index in [4.69, 9.17) is 5.73 Å². The second-order valence-electron chi connectivity index (χ2n) is 4.22. The van der Waals surface area contributed by atoms with Crippen LogP contribution in [-0.2, 0) is 6.54 Å². The largest absolute Gasteiger partial charge is 0.396 e. The third-order valence-electron chi connectivity index (χ3n) is 2.87. The van der Waals surface area contributed by atoms with Gasteiger partial charge in [-0.1, -0.05) is 0 Å². The molecule has 3 aromatic heterocycles. The Morgan fingerprint density at radius 3 is 3.05 bits per heavy atom. The van der Waals surface area contributed by atoms with Crippen LogP contribution in [0.2, 0.25) is 0 Å². The summed E-state index contributed by atoms with van der Waals surface area (Å²) in [5.41, 5.74) is 7.11. The van der Waals surface area contributed by atoms with Crippen molar-refractivity contribution in [2.45, 2.75) is 6.54 Å². The fourth-order valence-electron chi connectivity index (χ4n) is 1.91. The molecule has 0 unspecified atom stereocenters. The van der Waals surface area contributed by atoms with Gasteiger partial charge in [0.25, 0.3) is 5.91 Å². The predicted octanol–water partition coefficient (Wildman–Crippen LogP) is 1.50. The number of nitrogen functional groups attached to an aromatic ring is 1. The van der Waals surface area contributed by atoms with Crippen LogP contribution in [0.15, 0.2) is 36.8 Å². The molecule has 0 fully saturated rings. The molecule has 0 aromatic carbocycles. The van der Waals surface area contributed by atoms with E-state index in [0.717, 1.165) is 4.70 Å². The van der Waals surface area contributed by atoms with Crippen molar-refractivity contribution in [1.29, 1.82) is 0 Å². The maximum Gasteiger partial charge on any atom is 0.263 e. The molecule has 3 N–H and O–H groups in total. The quantitative estimate of drug-likeness (QED) is 0.761. The van der Waals surface area contributed by atoms with Gasteiger partial charge in [0, 0.05) is 25.1 Å². The molecule has 102 valence electrons. The van der Waals surface area contributed by atoms with Crippen molar-refractivity contribution in [3.63, 3.8) is 0 Å². The molecular formula is C13H13N5OS. The molecule has 3 rings (SSSR count). The van der Waals surface area contributed by atoms with Crippen molar-refractivity contribution in [1.82, 2.24) is 20.1 Å². The highest BCUT2D eigenvalue weighted by molar-refractivity contribution is 7.21. The van der Waals surface area contributed by atoms with Gasteiger partial charge in [0.05, 0.1) is 16.9 Å². The summed E-state index contributed by atoms with van der Waals surface area (Å²) in [5.74, 6) is -0.169. The summed E-state index contributed by atoms with van der Waals surface area (Å²) in [5, 5.41) is 6.91. The molecule has 0 radical (unpaired) electrons. The number of carbonyl (C=O) groups excluding carboxylic acids is 1. The number of rotatable bonds is 4. The summed E-state index contributed by atoms with van der Waals surface area (Å²) in [7, 11) is 0. The van der Waals surface area contributed by atoms with Gasteiger partial charge in [0.2, 0.25) is 0 Å². The first-order valence-electron chi connectivity index (χ1n) is 6.14. The second kappa shape index (κ2) is 5.30. The van der Waals surface area contributed by atoms with E-state index in [0.29, 0.717) is 29.2 Å². The summed E-state index contributed by atoms with van der Waals surface area (Å²) in [4.78, 5) is 16.8. The van der Waals surface area contributed by atoms with E-state index >= 15 is 0 Å². The van der Waals surface area contributed by atoms with Crippen LogP contribution in [0.3, 0.4) is 0 Å². The van der Waals surface area contributed by atoms with Crippen LogP contribution in [0.25, 0.3) is 10.2 Å². The number of fused-ring (bicyclic) bond motifs is 1. The Morgan fingerprint density at radius 2 is 2.30 bits per heavy atom. The summed E-state index contributed by atoms with van der Waals surface area (Å²) < 4.78 is 2.68. The minimum absolute atomic E-state index is 0.169. The fraction of sp³-hybridized carbons (Fsp3) is 0.154. The lowest BCUT2D eigenvalue weighted by Gasteiger charge is -2.04. The topological polar surface area (TPSA) is 85.8 Å². The molecule has 20 heavy (non-hydrogen) atoms. The van der Waals surface area contributed by atoms with Gasteiger partial charge in [-0.2, -0.15) is 5.10 Å². The summed E-state index contributed by atoms with van der Waals surface area (Å²) in [6.45, 7) is 1.13. The van der Waals surface area contributed by atoms with Gasteiger partial charge >= 0.3 is 0 Å². The Bertz CT molecular complexity index is 734. The zero-order valence-corrected chi connectivity index (χ0v) is 11.4. The average Bonchev–Trinajstić information content (AvgIpc) is 3.08. The van der Waals surface area contributed by atoms with Crippen LogP contribution in [0.4, 0.5) is 5.69 Å². The van der Waals surface area contributed by atoms with Crippen LogP contribution in [0.5, 0.6) is 0 Å². The molecular weight excluding hydrogens is 274 g/mol. The number of aromatic nitrogens is 3. The predicted molar refractivity (Wildman–Crippen MR) is 78.6 cm³/mol. The zero-order valence-electron chi connectivity index (χ0n) is 10.6. The normalized spacial score (nSPS) is 10.8. The van der Waals surface area contributed by atoms with Gasteiger partial charge < -0.3 is 11.1 Å². The molecule has 3 aromatic rings. The molecule has 0 aliphatic heterocycles. The van der Waals surface area contributed by atoms with E-state index in [1.807, 2.05) is 24.4 Å². The number of pyridine rings is 1. The maximum atomic E-state index is 12.1. The standard InChI is InChI=1S/C13H13N5OS/c14-10-11-9(3-1-4-15-11)20-12(10)13(19)16-6-8-18-7-2-5-17-18/h1-5,7H,6,8,14H2,(H,16,19). The molecule has 0 bridgehead atoms. The number of hydrogen-bond acceptors (Lipinski definition) is 5. The lowest BCUT2D eigenvalue weighted by molar-refractivity contribution is 0.0957. The first-order chi connectivity index (χ1) is 9.75. The molecule has 0 aliphatic rings. The number of nitrogens with two attached hydrogens (primary N) is 1. The Hall–Kier alpha value is -2.41. The molecule has 3 heterocycles. The van der Waals surface area contributed by atoms with Crippen molar-refractivity contribution in [2.75, 3.05) is 12.3 Å². The number of anilines is 1. The van der Waals surface area contributed by atoms with E-state index < -0.39 is 0 Å². The molecule has 1 amide bonds. The third-order valence-corrected chi connectivity index (χ3v) is 4.03. The highest BCUT2D eigenvalue weighted by atomic mass is 32.1. The lowest BCUT2D eigenvalue weighted by Crippen LogP contribution is -2.27. The van der Waals surface area contributed by atoms with Gasteiger partial charge in [-0.05, 0) is 18.2 Å². The van der Waals surface area contributed by atoms with E-state index in [-0.39, 0.29) is 5.91 Å². The van der Waals surface area contributed by atoms with Crippen LogP contribution in [0, 0.1) is 0 Å².